The quantitative estimate of drug-likeness (QED) is 0.459. The van der Waals surface area contributed by atoms with Gasteiger partial charge in [-0.25, -0.2) is 8.42 Å². The fraction of sp³-hybridized carbons (Fsp3) is 0.500. The second-order valence-electron chi connectivity index (χ2n) is 4.73. The Balaban J connectivity index is 3.07. The molecule has 0 heterocycles. The van der Waals surface area contributed by atoms with Gasteiger partial charge < -0.3 is 10.5 Å². The van der Waals surface area contributed by atoms with Crippen molar-refractivity contribution in [2.45, 2.75) is 24.8 Å². The summed E-state index contributed by atoms with van der Waals surface area (Å²) in [4.78, 5) is 9.80. The van der Waals surface area contributed by atoms with Crippen LogP contribution in [0.3, 0.4) is 0 Å². The lowest BCUT2D eigenvalue weighted by Crippen LogP contribution is -2.31. The van der Waals surface area contributed by atoms with Crippen molar-refractivity contribution >= 4 is 21.4 Å². The Morgan fingerprint density at radius 3 is 2.57 bits per heavy atom. The van der Waals surface area contributed by atoms with Gasteiger partial charge in [0.1, 0.15) is 0 Å². The first-order chi connectivity index (χ1) is 9.66. The first-order valence-electron chi connectivity index (χ1n) is 6.28. The van der Waals surface area contributed by atoms with Gasteiger partial charge >= 0.3 is 0 Å². The maximum Gasteiger partial charge on any atom is 0.289 e. The van der Waals surface area contributed by atoms with E-state index in [1.54, 1.807) is 0 Å². The van der Waals surface area contributed by atoms with Crippen LogP contribution in [0.5, 0.6) is 0 Å². The van der Waals surface area contributed by atoms with E-state index in [1.807, 2.05) is 13.8 Å². The van der Waals surface area contributed by atoms with Crippen LogP contribution in [0.4, 0.5) is 11.4 Å². The number of hydrogen-bond acceptors (Lipinski definition) is 6. The minimum atomic E-state index is -4.00. The number of ether oxygens (including phenoxy) is 1. The van der Waals surface area contributed by atoms with E-state index in [1.165, 1.54) is 13.1 Å². The van der Waals surface area contributed by atoms with Crippen LogP contribution in [0.2, 0.25) is 0 Å². The first-order valence-corrected chi connectivity index (χ1v) is 7.72. The zero-order valence-electron chi connectivity index (χ0n) is 12.1. The summed E-state index contributed by atoms with van der Waals surface area (Å²) in [7, 11) is -2.66. The van der Waals surface area contributed by atoms with Gasteiger partial charge in [0.2, 0.25) is 10.0 Å². The molecule has 0 spiro atoms. The van der Waals surface area contributed by atoms with Gasteiger partial charge in [0.15, 0.2) is 4.90 Å². The second kappa shape index (κ2) is 6.83. The molecule has 0 atom stereocenters. The van der Waals surface area contributed by atoms with Gasteiger partial charge in [-0.2, -0.15) is 4.31 Å². The summed E-state index contributed by atoms with van der Waals surface area (Å²) < 4.78 is 31.1. The SMILES string of the molecule is CC(C)OCCN(C)S(=O)(=O)c1cc(N)ccc1[N+](=O)[O-]. The smallest absolute Gasteiger partial charge is 0.289 e. The molecular formula is C12H19N3O5S. The molecule has 0 amide bonds. The number of hydrogen-bond donors (Lipinski definition) is 1. The lowest BCUT2D eigenvalue weighted by molar-refractivity contribution is -0.387. The summed E-state index contributed by atoms with van der Waals surface area (Å²) in [6.45, 7) is 3.95. The van der Waals surface area contributed by atoms with Crippen LogP contribution < -0.4 is 5.73 Å². The highest BCUT2D eigenvalue weighted by Gasteiger charge is 2.29. The average molecular weight is 317 g/mol. The number of nitro benzene ring substituents is 1. The molecule has 1 aromatic carbocycles. The fourth-order valence-corrected chi connectivity index (χ4v) is 2.94. The van der Waals surface area contributed by atoms with Crippen molar-refractivity contribution in [2.24, 2.45) is 0 Å². The molecule has 21 heavy (non-hydrogen) atoms. The second-order valence-corrected chi connectivity index (χ2v) is 6.74. The van der Waals surface area contributed by atoms with E-state index in [2.05, 4.69) is 0 Å². The minimum absolute atomic E-state index is 0.0252. The number of anilines is 1. The highest BCUT2D eigenvalue weighted by Crippen LogP contribution is 2.28. The lowest BCUT2D eigenvalue weighted by Gasteiger charge is -2.18. The molecule has 0 aliphatic heterocycles. The number of nitrogen functional groups attached to an aromatic ring is 1. The van der Waals surface area contributed by atoms with Gasteiger partial charge in [0.25, 0.3) is 5.69 Å². The monoisotopic (exact) mass is 317 g/mol. The topological polar surface area (TPSA) is 116 Å². The van der Waals surface area contributed by atoms with Crippen molar-refractivity contribution in [3.8, 4) is 0 Å². The van der Waals surface area contributed by atoms with Crippen molar-refractivity contribution < 1.29 is 18.1 Å². The molecule has 0 aliphatic rings. The van der Waals surface area contributed by atoms with Gasteiger partial charge in [0, 0.05) is 25.3 Å². The highest BCUT2D eigenvalue weighted by atomic mass is 32.2. The number of nitro groups is 1. The Morgan fingerprint density at radius 2 is 2.05 bits per heavy atom. The molecule has 0 fully saturated rings. The number of nitrogens with zero attached hydrogens (tertiary/aromatic N) is 2. The number of nitrogens with two attached hydrogens (primary N) is 1. The van der Waals surface area contributed by atoms with Gasteiger partial charge in [-0.15, -0.1) is 0 Å². The third-order valence-electron chi connectivity index (χ3n) is 2.73. The molecule has 0 aromatic heterocycles. The minimum Gasteiger partial charge on any atom is -0.399 e. The molecule has 0 aliphatic carbocycles. The average Bonchev–Trinajstić information content (AvgIpc) is 2.37. The zero-order chi connectivity index (χ0) is 16.2. The number of sulfonamides is 1. The van der Waals surface area contributed by atoms with Crippen molar-refractivity contribution in [1.29, 1.82) is 0 Å². The molecule has 2 N–H and O–H groups in total. The van der Waals surface area contributed by atoms with Crippen molar-refractivity contribution in [3.63, 3.8) is 0 Å². The zero-order valence-corrected chi connectivity index (χ0v) is 13.0. The summed E-state index contributed by atoms with van der Waals surface area (Å²) in [5.41, 5.74) is 5.18. The van der Waals surface area contributed by atoms with E-state index in [0.29, 0.717) is 0 Å². The Morgan fingerprint density at radius 1 is 1.43 bits per heavy atom. The molecule has 8 nitrogen and oxygen atoms in total. The Hall–Kier alpha value is -1.71. The van der Waals surface area contributed by atoms with Gasteiger partial charge in [-0.3, -0.25) is 10.1 Å². The summed E-state index contributed by atoms with van der Waals surface area (Å²) in [6.07, 6.45) is -0.0252. The van der Waals surface area contributed by atoms with E-state index in [9.17, 15) is 18.5 Å². The van der Waals surface area contributed by atoms with Gasteiger partial charge in [0.05, 0.1) is 17.6 Å². The lowest BCUT2D eigenvalue weighted by atomic mass is 10.3. The summed E-state index contributed by atoms with van der Waals surface area (Å²) in [6, 6.07) is 3.47. The van der Waals surface area contributed by atoms with Crippen molar-refractivity contribution in [3.05, 3.63) is 28.3 Å². The Bertz CT molecular complexity index is 615. The van der Waals surface area contributed by atoms with E-state index in [4.69, 9.17) is 10.5 Å². The third-order valence-corrected chi connectivity index (χ3v) is 4.61. The normalized spacial score (nSPS) is 12.0. The van der Waals surface area contributed by atoms with Crippen LogP contribution in [0.25, 0.3) is 0 Å². The van der Waals surface area contributed by atoms with E-state index < -0.39 is 25.5 Å². The van der Waals surface area contributed by atoms with Crippen LogP contribution in [0.1, 0.15) is 13.8 Å². The summed E-state index contributed by atoms with van der Waals surface area (Å²) >= 11 is 0. The summed E-state index contributed by atoms with van der Waals surface area (Å²) in [5.74, 6) is 0. The maximum atomic E-state index is 12.4. The number of benzene rings is 1. The first kappa shape index (κ1) is 17.3. The molecule has 0 saturated carbocycles. The molecule has 0 radical (unpaired) electrons. The molecule has 1 rings (SSSR count). The standard InChI is InChI=1S/C12H19N3O5S/c1-9(2)20-7-6-14(3)21(18,19)12-8-10(13)4-5-11(12)15(16)17/h4-5,8-9H,6-7,13H2,1-3H3. The maximum absolute atomic E-state index is 12.4. The van der Waals surface area contributed by atoms with Crippen LogP contribution in [-0.2, 0) is 14.8 Å². The molecule has 1 aromatic rings. The van der Waals surface area contributed by atoms with Crippen LogP contribution in [0, 0.1) is 10.1 Å². The van der Waals surface area contributed by atoms with Gasteiger partial charge in [-0.1, -0.05) is 0 Å². The molecule has 0 saturated heterocycles. The Labute approximate surface area is 123 Å². The predicted octanol–water partition coefficient (Wildman–Crippen LogP) is 1.22. The largest absolute Gasteiger partial charge is 0.399 e. The highest BCUT2D eigenvalue weighted by molar-refractivity contribution is 7.89. The van der Waals surface area contributed by atoms with Crippen LogP contribution >= 0.6 is 0 Å². The third kappa shape index (κ3) is 4.38. The number of rotatable bonds is 7. The summed E-state index contributed by atoms with van der Waals surface area (Å²) in [5, 5.41) is 11.0. The van der Waals surface area contributed by atoms with Crippen LogP contribution in [0.15, 0.2) is 23.1 Å². The van der Waals surface area contributed by atoms with Gasteiger partial charge in [-0.05, 0) is 26.0 Å². The number of likely N-dealkylation sites (N-methyl/N-ethyl adjacent to an activating group) is 1. The van der Waals surface area contributed by atoms with Crippen molar-refractivity contribution in [2.75, 3.05) is 25.9 Å². The van der Waals surface area contributed by atoms with E-state index >= 15 is 0 Å². The van der Waals surface area contributed by atoms with E-state index in [0.717, 1.165) is 16.4 Å². The molecule has 0 bridgehead atoms. The predicted molar refractivity (Wildman–Crippen MR) is 78.4 cm³/mol. The fourth-order valence-electron chi connectivity index (χ4n) is 1.59. The van der Waals surface area contributed by atoms with Crippen molar-refractivity contribution in [1.82, 2.24) is 4.31 Å². The molecule has 118 valence electrons. The molecule has 0 unspecified atom stereocenters. The molecule has 9 heteroatoms. The van der Waals surface area contributed by atoms with E-state index in [-0.39, 0.29) is 24.9 Å². The Kier molecular flexibility index (Phi) is 5.64. The molecular weight excluding hydrogens is 298 g/mol. The van der Waals surface area contributed by atoms with Crippen LogP contribution in [-0.4, -0.2) is 43.9 Å².